The van der Waals surface area contributed by atoms with Crippen molar-refractivity contribution in [2.45, 2.75) is 18.3 Å². The lowest BCUT2D eigenvalue weighted by molar-refractivity contribution is -0.139. The molecule has 156 valence electrons. The van der Waals surface area contributed by atoms with Gasteiger partial charge in [-0.25, -0.2) is 19.3 Å². The van der Waals surface area contributed by atoms with Crippen molar-refractivity contribution in [3.05, 3.63) is 48.3 Å². The molecule has 2 fully saturated rings. The highest BCUT2D eigenvalue weighted by molar-refractivity contribution is 5.89. The highest BCUT2D eigenvalue weighted by Crippen LogP contribution is 2.36. The van der Waals surface area contributed by atoms with Crippen molar-refractivity contribution in [1.82, 2.24) is 30.2 Å². The molecule has 2 aliphatic heterocycles. The summed E-state index contributed by atoms with van der Waals surface area (Å²) in [6, 6.07) is 6.44. The van der Waals surface area contributed by atoms with Crippen molar-refractivity contribution in [2.75, 3.05) is 44.2 Å². The summed E-state index contributed by atoms with van der Waals surface area (Å²) >= 11 is 0. The Morgan fingerprint density at radius 1 is 1.00 bits per heavy atom. The SMILES string of the molecule is O=C(N1CCN(c2ncnc3nc[nH]c23)CC1)C1(c2ccc(F)cc2)CCNCC1. The number of piperazine rings is 1. The quantitative estimate of drug-likeness (QED) is 0.681. The maximum atomic E-state index is 13.7. The van der Waals surface area contributed by atoms with Crippen molar-refractivity contribution in [3.8, 4) is 0 Å². The molecular formula is C21H24FN7O. The Labute approximate surface area is 173 Å². The van der Waals surface area contributed by atoms with E-state index in [0.29, 0.717) is 31.8 Å². The Bertz CT molecular complexity index is 1040. The van der Waals surface area contributed by atoms with Crippen molar-refractivity contribution in [2.24, 2.45) is 0 Å². The predicted octanol–water partition coefficient (Wildman–Crippen LogP) is 1.46. The van der Waals surface area contributed by atoms with E-state index in [0.717, 1.165) is 42.8 Å². The van der Waals surface area contributed by atoms with Crippen LogP contribution in [0.2, 0.25) is 0 Å². The lowest BCUT2D eigenvalue weighted by Gasteiger charge is -2.43. The number of aromatic amines is 1. The van der Waals surface area contributed by atoms with Gasteiger partial charge in [-0.15, -0.1) is 0 Å². The van der Waals surface area contributed by atoms with E-state index in [2.05, 4.69) is 30.2 Å². The van der Waals surface area contributed by atoms with Crippen LogP contribution in [-0.4, -0.2) is 70.0 Å². The van der Waals surface area contributed by atoms with Gasteiger partial charge in [0.2, 0.25) is 5.91 Å². The minimum atomic E-state index is -0.591. The molecule has 0 aliphatic carbocycles. The topological polar surface area (TPSA) is 90.0 Å². The van der Waals surface area contributed by atoms with Gasteiger partial charge in [0.05, 0.1) is 11.7 Å². The molecule has 2 saturated heterocycles. The van der Waals surface area contributed by atoms with E-state index >= 15 is 0 Å². The number of amides is 1. The Balaban J connectivity index is 1.36. The lowest BCUT2D eigenvalue weighted by Crippen LogP contribution is -2.57. The van der Waals surface area contributed by atoms with Crippen LogP contribution in [0.4, 0.5) is 10.2 Å². The number of benzene rings is 1. The van der Waals surface area contributed by atoms with Crippen LogP contribution >= 0.6 is 0 Å². The van der Waals surface area contributed by atoms with Gasteiger partial charge in [-0.05, 0) is 43.6 Å². The second-order valence-electron chi connectivity index (χ2n) is 7.92. The fraction of sp³-hybridized carbons (Fsp3) is 0.429. The number of nitrogens with one attached hydrogen (secondary N) is 2. The maximum absolute atomic E-state index is 13.7. The number of fused-ring (bicyclic) bond motifs is 1. The number of nitrogens with zero attached hydrogens (tertiary/aromatic N) is 5. The lowest BCUT2D eigenvalue weighted by atomic mass is 9.72. The van der Waals surface area contributed by atoms with Crippen LogP contribution in [0.5, 0.6) is 0 Å². The molecule has 3 aromatic rings. The molecule has 1 amide bonds. The molecule has 1 aromatic carbocycles. The summed E-state index contributed by atoms with van der Waals surface area (Å²) < 4.78 is 13.5. The number of carbonyl (C=O) groups excluding carboxylic acids is 1. The largest absolute Gasteiger partial charge is 0.351 e. The third kappa shape index (κ3) is 3.19. The third-order valence-corrected chi connectivity index (χ3v) is 6.33. The number of H-pyrrole nitrogens is 1. The second kappa shape index (κ2) is 7.64. The molecule has 9 heteroatoms. The fourth-order valence-corrected chi connectivity index (χ4v) is 4.66. The number of anilines is 1. The Morgan fingerprint density at radius 2 is 1.73 bits per heavy atom. The molecule has 4 heterocycles. The number of rotatable bonds is 3. The van der Waals surface area contributed by atoms with E-state index in [1.165, 1.54) is 18.5 Å². The van der Waals surface area contributed by atoms with Crippen LogP contribution in [0.25, 0.3) is 11.2 Å². The van der Waals surface area contributed by atoms with E-state index in [1.54, 1.807) is 18.5 Å². The number of imidazole rings is 1. The molecular weight excluding hydrogens is 385 g/mol. The minimum absolute atomic E-state index is 0.143. The normalized spacial score (nSPS) is 19.2. The van der Waals surface area contributed by atoms with Gasteiger partial charge in [-0.1, -0.05) is 12.1 Å². The van der Waals surface area contributed by atoms with Gasteiger partial charge >= 0.3 is 0 Å². The number of halogens is 1. The predicted molar refractivity (Wildman–Crippen MR) is 111 cm³/mol. The zero-order chi connectivity index (χ0) is 20.6. The average Bonchev–Trinajstić information content (AvgIpc) is 3.29. The first-order valence-corrected chi connectivity index (χ1v) is 10.3. The smallest absolute Gasteiger partial charge is 0.233 e. The van der Waals surface area contributed by atoms with Crippen LogP contribution in [0.1, 0.15) is 18.4 Å². The van der Waals surface area contributed by atoms with Gasteiger partial charge in [0.25, 0.3) is 0 Å². The molecule has 2 aromatic heterocycles. The van der Waals surface area contributed by atoms with Crippen molar-refractivity contribution >= 4 is 22.9 Å². The van der Waals surface area contributed by atoms with E-state index in [4.69, 9.17) is 0 Å². The number of piperidine rings is 1. The first-order chi connectivity index (χ1) is 14.7. The standard InChI is InChI=1S/C21H24FN7O/c22-16-3-1-15(2-4-16)21(5-7-23-8-6-21)20(30)29-11-9-28(10-12-29)19-17-18(25-13-24-17)26-14-27-19/h1-4,13-14,23H,5-12H2,(H,24,25,26,27). The van der Waals surface area contributed by atoms with Gasteiger partial charge < -0.3 is 20.1 Å². The zero-order valence-corrected chi connectivity index (χ0v) is 16.6. The maximum Gasteiger partial charge on any atom is 0.233 e. The van der Waals surface area contributed by atoms with E-state index in [-0.39, 0.29) is 11.7 Å². The van der Waals surface area contributed by atoms with Crippen LogP contribution < -0.4 is 10.2 Å². The highest BCUT2D eigenvalue weighted by Gasteiger charge is 2.44. The highest BCUT2D eigenvalue weighted by atomic mass is 19.1. The summed E-state index contributed by atoms with van der Waals surface area (Å²) in [5, 5.41) is 3.34. The molecule has 0 unspecified atom stereocenters. The van der Waals surface area contributed by atoms with Crippen LogP contribution in [0.3, 0.4) is 0 Å². The number of carbonyl (C=O) groups is 1. The van der Waals surface area contributed by atoms with Crippen molar-refractivity contribution in [1.29, 1.82) is 0 Å². The number of hydrogen-bond acceptors (Lipinski definition) is 6. The van der Waals surface area contributed by atoms with Crippen molar-refractivity contribution in [3.63, 3.8) is 0 Å². The molecule has 0 radical (unpaired) electrons. The van der Waals surface area contributed by atoms with Crippen molar-refractivity contribution < 1.29 is 9.18 Å². The summed E-state index contributed by atoms with van der Waals surface area (Å²) in [5.74, 6) is 0.684. The van der Waals surface area contributed by atoms with Crippen LogP contribution in [-0.2, 0) is 10.2 Å². The third-order valence-electron chi connectivity index (χ3n) is 6.33. The summed E-state index contributed by atoms with van der Waals surface area (Å²) in [6.07, 6.45) is 4.58. The summed E-state index contributed by atoms with van der Waals surface area (Å²) in [4.78, 5) is 33.7. The van der Waals surface area contributed by atoms with Gasteiger partial charge in [0.15, 0.2) is 11.5 Å². The molecule has 0 spiro atoms. The van der Waals surface area contributed by atoms with E-state index in [1.807, 2.05) is 4.90 Å². The van der Waals surface area contributed by atoms with E-state index < -0.39 is 5.41 Å². The Hall–Kier alpha value is -3.07. The summed E-state index contributed by atoms with van der Waals surface area (Å²) in [7, 11) is 0. The molecule has 8 nitrogen and oxygen atoms in total. The molecule has 0 saturated carbocycles. The summed E-state index contributed by atoms with van der Waals surface area (Å²) in [5.41, 5.74) is 1.78. The fourth-order valence-electron chi connectivity index (χ4n) is 4.66. The Kier molecular flexibility index (Phi) is 4.82. The minimum Gasteiger partial charge on any atom is -0.351 e. The first-order valence-electron chi connectivity index (χ1n) is 10.3. The zero-order valence-electron chi connectivity index (χ0n) is 16.6. The summed E-state index contributed by atoms with van der Waals surface area (Å²) in [6.45, 7) is 4.18. The number of hydrogen-bond donors (Lipinski definition) is 2. The molecule has 2 N–H and O–H groups in total. The average molecular weight is 409 g/mol. The monoisotopic (exact) mass is 409 g/mol. The van der Waals surface area contributed by atoms with Crippen LogP contribution in [0, 0.1) is 5.82 Å². The van der Waals surface area contributed by atoms with Gasteiger partial charge in [0, 0.05) is 26.2 Å². The molecule has 0 atom stereocenters. The molecule has 2 aliphatic rings. The van der Waals surface area contributed by atoms with Gasteiger partial charge in [0.1, 0.15) is 17.7 Å². The van der Waals surface area contributed by atoms with E-state index in [9.17, 15) is 9.18 Å². The molecule has 30 heavy (non-hydrogen) atoms. The second-order valence-corrected chi connectivity index (χ2v) is 7.92. The van der Waals surface area contributed by atoms with Crippen LogP contribution in [0.15, 0.2) is 36.9 Å². The Morgan fingerprint density at radius 3 is 2.47 bits per heavy atom. The first kappa shape index (κ1) is 18.9. The molecule has 5 rings (SSSR count). The van der Waals surface area contributed by atoms with Gasteiger partial charge in [-0.3, -0.25) is 4.79 Å². The van der Waals surface area contributed by atoms with Gasteiger partial charge in [-0.2, -0.15) is 0 Å². The number of aromatic nitrogens is 4. The molecule has 0 bridgehead atoms.